The van der Waals surface area contributed by atoms with Crippen LogP contribution in [0, 0.1) is 6.92 Å². The highest BCUT2D eigenvalue weighted by atomic mass is 79.9. The van der Waals surface area contributed by atoms with E-state index in [4.69, 9.17) is 4.74 Å². The van der Waals surface area contributed by atoms with Gasteiger partial charge < -0.3 is 4.74 Å². The first kappa shape index (κ1) is 10.1. The zero-order valence-electron chi connectivity index (χ0n) is 7.03. The smallest absolute Gasteiger partial charge is 0.124 e. The third-order valence-electron chi connectivity index (χ3n) is 1.65. The highest BCUT2D eigenvalue weighted by Gasteiger charge is 2.06. The van der Waals surface area contributed by atoms with Gasteiger partial charge >= 0.3 is 0 Å². The number of benzene rings is 1. The fourth-order valence-electron chi connectivity index (χ4n) is 1.05. The number of hydrogen-bond acceptors (Lipinski definition) is 1. The number of alkyl halides is 1. The summed E-state index contributed by atoms with van der Waals surface area (Å²) in [7, 11) is 1.69. The van der Waals surface area contributed by atoms with E-state index in [1.807, 2.05) is 13.0 Å². The molecule has 0 fully saturated rings. The van der Waals surface area contributed by atoms with Crippen molar-refractivity contribution >= 4 is 31.9 Å². The van der Waals surface area contributed by atoms with Gasteiger partial charge in [-0.3, -0.25) is 0 Å². The molecule has 1 aromatic rings. The minimum Gasteiger partial charge on any atom is -0.496 e. The van der Waals surface area contributed by atoms with Gasteiger partial charge in [-0.15, -0.1) is 0 Å². The standard InChI is InChI=1S/C9H10Br2O/c1-6-3-8(11)7(5-10)9(4-6)12-2/h3-4H,5H2,1-2H3. The Bertz CT molecular complexity index is 284. The molecule has 1 nitrogen and oxygen atoms in total. The van der Waals surface area contributed by atoms with Crippen molar-refractivity contribution in [2.45, 2.75) is 12.3 Å². The number of halogens is 2. The van der Waals surface area contributed by atoms with Crippen LogP contribution in [-0.4, -0.2) is 7.11 Å². The molecule has 0 bridgehead atoms. The van der Waals surface area contributed by atoms with E-state index in [9.17, 15) is 0 Å². The van der Waals surface area contributed by atoms with E-state index in [1.54, 1.807) is 7.11 Å². The van der Waals surface area contributed by atoms with E-state index in [1.165, 1.54) is 5.56 Å². The zero-order chi connectivity index (χ0) is 9.14. The van der Waals surface area contributed by atoms with Crippen molar-refractivity contribution in [3.8, 4) is 5.75 Å². The molecule has 1 rings (SSSR count). The van der Waals surface area contributed by atoms with Crippen molar-refractivity contribution in [2.75, 3.05) is 7.11 Å². The van der Waals surface area contributed by atoms with Crippen molar-refractivity contribution in [3.05, 3.63) is 27.7 Å². The van der Waals surface area contributed by atoms with Crippen molar-refractivity contribution in [2.24, 2.45) is 0 Å². The van der Waals surface area contributed by atoms with Crippen LogP contribution in [0.25, 0.3) is 0 Å². The summed E-state index contributed by atoms with van der Waals surface area (Å²) >= 11 is 6.90. The van der Waals surface area contributed by atoms with E-state index < -0.39 is 0 Å². The highest BCUT2D eigenvalue weighted by molar-refractivity contribution is 9.10. The summed E-state index contributed by atoms with van der Waals surface area (Å²) in [5.41, 5.74) is 2.35. The van der Waals surface area contributed by atoms with Gasteiger partial charge in [-0.05, 0) is 24.6 Å². The Balaban J connectivity index is 3.24. The Morgan fingerprint density at radius 2 is 2.08 bits per heavy atom. The van der Waals surface area contributed by atoms with Gasteiger partial charge in [0.25, 0.3) is 0 Å². The Morgan fingerprint density at radius 3 is 2.58 bits per heavy atom. The van der Waals surface area contributed by atoms with Crippen molar-refractivity contribution < 1.29 is 4.74 Å². The minimum absolute atomic E-state index is 0.803. The maximum atomic E-state index is 5.24. The van der Waals surface area contributed by atoms with Gasteiger partial charge in [0.2, 0.25) is 0 Å². The lowest BCUT2D eigenvalue weighted by atomic mass is 10.1. The molecule has 0 N–H and O–H groups in total. The molecule has 0 aliphatic heterocycles. The molecule has 0 heterocycles. The zero-order valence-corrected chi connectivity index (χ0v) is 10.2. The fraction of sp³-hybridized carbons (Fsp3) is 0.333. The van der Waals surface area contributed by atoms with Crippen molar-refractivity contribution in [3.63, 3.8) is 0 Å². The largest absolute Gasteiger partial charge is 0.496 e. The summed E-state index contributed by atoms with van der Waals surface area (Å²) in [6.07, 6.45) is 0. The highest BCUT2D eigenvalue weighted by Crippen LogP contribution is 2.30. The summed E-state index contributed by atoms with van der Waals surface area (Å²) in [4.78, 5) is 0. The molecule has 0 saturated carbocycles. The SMILES string of the molecule is COc1cc(C)cc(Br)c1CBr. The van der Waals surface area contributed by atoms with Gasteiger partial charge in [0.05, 0.1) is 7.11 Å². The predicted octanol–water partition coefficient (Wildman–Crippen LogP) is 3.66. The quantitative estimate of drug-likeness (QED) is 0.756. The summed E-state index contributed by atoms with van der Waals surface area (Å²) in [6, 6.07) is 4.11. The maximum absolute atomic E-state index is 5.24. The number of methoxy groups -OCH3 is 1. The van der Waals surface area contributed by atoms with Crippen LogP contribution < -0.4 is 4.74 Å². The van der Waals surface area contributed by atoms with Crippen LogP contribution in [0.2, 0.25) is 0 Å². The molecule has 0 aliphatic rings. The van der Waals surface area contributed by atoms with Gasteiger partial charge in [0, 0.05) is 15.4 Å². The fourth-order valence-corrected chi connectivity index (χ4v) is 2.70. The van der Waals surface area contributed by atoms with Crippen LogP contribution in [0.5, 0.6) is 5.75 Å². The minimum atomic E-state index is 0.803. The predicted molar refractivity (Wildman–Crippen MR) is 58.1 cm³/mol. The summed E-state index contributed by atoms with van der Waals surface area (Å²) in [6.45, 7) is 2.05. The Labute approximate surface area is 89.4 Å². The second-order valence-electron chi connectivity index (χ2n) is 2.56. The monoisotopic (exact) mass is 292 g/mol. The molecule has 12 heavy (non-hydrogen) atoms. The van der Waals surface area contributed by atoms with Crippen LogP contribution in [0.15, 0.2) is 16.6 Å². The molecule has 1 aromatic carbocycles. The molecule has 66 valence electrons. The molecule has 3 heteroatoms. The third-order valence-corrected chi connectivity index (χ3v) is 2.92. The molecule has 0 atom stereocenters. The molecule has 0 unspecified atom stereocenters. The lowest BCUT2D eigenvalue weighted by Crippen LogP contribution is -1.91. The molecule has 0 radical (unpaired) electrons. The Hall–Kier alpha value is -0.0200. The Kier molecular flexibility index (Phi) is 3.59. The van der Waals surface area contributed by atoms with Gasteiger partial charge in [-0.2, -0.15) is 0 Å². The van der Waals surface area contributed by atoms with Crippen LogP contribution >= 0.6 is 31.9 Å². The van der Waals surface area contributed by atoms with Crippen LogP contribution in [-0.2, 0) is 5.33 Å². The van der Waals surface area contributed by atoms with Gasteiger partial charge in [-0.25, -0.2) is 0 Å². The molecule has 0 aliphatic carbocycles. The van der Waals surface area contributed by atoms with E-state index in [-0.39, 0.29) is 0 Å². The average Bonchev–Trinajstić information content (AvgIpc) is 2.03. The lowest BCUT2D eigenvalue weighted by molar-refractivity contribution is 0.411. The van der Waals surface area contributed by atoms with E-state index in [2.05, 4.69) is 37.9 Å². The molecule has 0 saturated heterocycles. The first-order valence-corrected chi connectivity index (χ1v) is 5.49. The number of ether oxygens (including phenoxy) is 1. The van der Waals surface area contributed by atoms with Crippen LogP contribution in [0.3, 0.4) is 0 Å². The second kappa shape index (κ2) is 4.28. The summed E-state index contributed by atoms with van der Waals surface area (Å²) < 4.78 is 6.33. The Morgan fingerprint density at radius 1 is 1.42 bits per heavy atom. The van der Waals surface area contributed by atoms with Crippen molar-refractivity contribution in [1.82, 2.24) is 0 Å². The van der Waals surface area contributed by atoms with Gasteiger partial charge in [-0.1, -0.05) is 31.9 Å². The normalized spacial score (nSPS) is 10.0. The molecule has 0 spiro atoms. The molecule has 0 aromatic heterocycles. The van der Waals surface area contributed by atoms with Gasteiger partial charge in [0.15, 0.2) is 0 Å². The first-order chi connectivity index (χ1) is 5.69. The third kappa shape index (κ3) is 2.02. The summed E-state index contributed by atoms with van der Waals surface area (Å²) in [5.74, 6) is 0.929. The van der Waals surface area contributed by atoms with E-state index in [0.29, 0.717) is 0 Å². The summed E-state index contributed by atoms with van der Waals surface area (Å²) in [5, 5.41) is 0.803. The van der Waals surface area contributed by atoms with Crippen LogP contribution in [0.1, 0.15) is 11.1 Å². The topological polar surface area (TPSA) is 9.23 Å². The maximum Gasteiger partial charge on any atom is 0.124 e. The number of hydrogen-bond donors (Lipinski definition) is 0. The first-order valence-electron chi connectivity index (χ1n) is 3.58. The molecular weight excluding hydrogens is 284 g/mol. The number of aryl methyl sites for hydroxylation is 1. The van der Waals surface area contributed by atoms with Crippen LogP contribution in [0.4, 0.5) is 0 Å². The van der Waals surface area contributed by atoms with Crippen molar-refractivity contribution in [1.29, 1.82) is 0 Å². The second-order valence-corrected chi connectivity index (χ2v) is 3.98. The van der Waals surface area contributed by atoms with E-state index >= 15 is 0 Å². The molecule has 0 amide bonds. The number of rotatable bonds is 2. The lowest BCUT2D eigenvalue weighted by Gasteiger charge is -2.08. The van der Waals surface area contributed by atoms with E-state index in [0.717, 1.165) is 21.1 Å². The average molecular weight is 294 g/mol. The molecular formula is C9H10Br2O. The van der Waals surface area contributed by atoms with Gasteiger partial charge in [0.1, 0.15) is 5.75 Å².